The molecule has 2 N–H and O–H groups in total. The van der Waals surface area contributed by atoms with Crippen LogP contribution in [0.4, 0.5) is 5.69 Å². The average Bonchev–Trinajstić information content (AvgIpc) is 2.95. The summed E-state index contributed by atoms with van der Waals surface area (Å²) in [6, 6.07) is 8.11. The van der Waals surface area contributed by atoms with Gasteiger partial charge in [0.1, 0.15) is 17.4 Å². The molecular weight excluding hydrogens is 318 g/mol. The smallest absolute Gasteiger partial charge is 0.338 e. The molecule has 6 nitrogen and oxygen atoms in total. The summed E-state index contributed by atoms with van der Waals surface area (Å²) in [4.78, 5) is 14.7. The molecule has 1 aromatic carbocycles. The molecule has 0 amide bonds. The van der Waals surface area contributed by atoms with Crippen LogP contribution in [0.5, 0.6) is 0 Å². The molecule has 0 spiro atoms. The molecule has 2 aliphatic rings. The first kappa shape index (κ1) is 16.9. The third-order valence-electron chi connectivity index (χ3n) is 4.67. The molecule has 25 heavy (non-hydrogen) atoms. The average molecular weight is 339 g/mol. The molecule has 6 heteroatoms. The topological polar surface area (TPSA) is 88.6 Å². The molecule has 3 rings (SSSR count). The van der Waals surface area contributed by atoms with Gasteiger partial charge < -0.3 is 20.1 Å². The van der Waals surface area contributed by atoms with Gasteiger partial charge in [-0.15, -0.1) is 0 Å². The van der Waals surface area contributed by atoms with Crippen molar-refractivity contribution in [3.8, 4) is 6.07 Å². The van der Waals surface area contributed by atoms with Gasteiger partial charge in [0.2, 0.25) is 5.88 Å². The van der Waals surface area contributed by atoms with Crippen LogP contribution in [0.15, 0.2) is 41.0 Å². The minimum atomic E-state index is -0.575. The van der Waals surface area contributed by atoms with Gasteiger partial charge in [-0.1, -0.05) is 12.1 Å². The van der Waals surface area contributed by atoms with Gasteiger partial charge in [0.15, 0.2) is 0 Å². The molecule has 0 radical (unpaired) electrons. The minimum absolute atomic E-state index is 0.0377. The number of nitrogens with zero attached hydrogens (tertiary/aromatic N) is 2. The Kier molecular flexibility index (Phi) is 4.41. The van der Waals surface area contributed by atoms with Gasteiger partial charge in [-0.3, -0.25) is 0 Å². The number of hydrogen-bond donors (Lipinski definition) is 1. The highest BCUT2D eigenvalue weighted by Crippen LogP contribution is 2.41. The van der Waals surface area contributed by atoms with E-state index in [0.717, 1.165) is 18.5 Å². The van der Waals surface area contributed by atoms with Crippen LogP contribution in [0, 0.1) is 11.3 Å². The van der Waals surface area contributed by atoms with E-state index in [-0.39, 0.29) is 18.1 Å². The Balaban J connectivity index is 2.12. The van der Waals surface area contributed by atoms with Crippen molar-refractivity contribution < 1.29 is 14.3 Å². The number of nitrogens with two attached hydrogens (primary N) is 1. The van der Waals surface area contributed by atoms with Crippen LogP contribution in [-0.4, -0.2) is 26.2 Å². The van der Waals surface area contributed by atoms with Crippen molar-refractivity contribution in [3.05, 3.63) is 52.1 Å². The Hall–Kier alpha value is -2.94. The lowest BCUT2D eigenvalue weighted by Gasteiger charge is -2.27. The molecule has 1 aromatic rings. The van der Waals surface area contributed by atoms with Crippen LogP contribution < -0.4 is 10.6 Å². The highest BCUT2D eigenvalue weighted by atomic mass is 16.5. The summed E-state index contributed by atoms with van der Waals surface area (Å²) in [6.07, 6.45) is 0.932. The normalized spacial score (nSPS) is 19.4. The Morgan fingerprint density at radius 2 is 2.28 bits per heavy atom. The molecule has 130 valence electrons. The van der Waals surface area contributed by atoms with Crippen molar-refractivity contribution in [1.82, 2.24) is 0 Å². The summed E-state index contributed by atoms with van der Waals surface area (Å²) in [7, 11) is 2.05. The van der Waals surface area contributed by atoms with Crippen molar-refractivity contribution >= 4 is 11.7 Å². The van der Waals surface area contributed by atoms with Gasteiger partial charge in [0, 0.05) is 19.3 Å². The highest BCUT2D eigenvalue weighted by Gasteiger charge is 2.36. The molecule has 0 saturated carbocycles. The second-order valence-electron chi connectivity index (χ2n) is 6.17. The van der Waals surface area contributed by atoms with Crippen LogP contribution in [0.1, 0.15) is 30.9 Å². The van der Waals surface area contributed by atoms with E-state index in [1.807, 2.05) is 25.2 Å². The van der Waals surface area contributed by atoms with Crippen molar-refractivity contribution in [1.29, 1.82) is 5.26 Å². The predicted molar refractivity (Wildman–Crippen MR) is 93.4 cm³/mol. The van der Waals surface area contributed by atoms with Gasteiger partial charge in [0.05, 0.1) is 18.1 Å². The summed E-state index contributed by atoms with van der Waals surface area (Å²) in [5.74, 6) is -0.648. The lowest BCUT2D eigenvalue weighted by molar-refractivity contribution is -0.139. The van der Waals surface area contributed by atoms with Gasteiger partial charge in [-0.25, -0.2) is 4.79 Å². The molecule has 1 unspecified atom stereocenters. The molecule has 0 aromatic heterocycles. The van der Waals surface area contributed by atoms with Gasteiger partial charge in [-0.05, 0) is 37.5 Å². The van der Waals surface area contributed by atoms with Crippen LogP contribution in [-0.2, 0) is 20.7 Å². The van der Waals surface area contributed by atoms with Crippen molar-refractivity contribution in [2.45, 2.75) is 26.2 Å². The van der Waals surface area contributed by atoms with E-state index in [9.17, 15) is 10.1 Å². The highest BCUT2D eigenvalue weighted by molar-refractivity contribution is 5.92. The number of anilines is 1. The van der Waals surface area contributed by atoms with Gasteiger partial charge >= 0.3 is 5.97 Å². The molecule has 2 aliphatic heterocycles. The van der Waals surface area contributed by atoms with Crippen LogP contribution in [0.2, 0.25) is 0 Å². The Bertz CT molecular complexity index is 833. The SMILES string of the molecule is CCOC(=O)C1=C(C)OC(N)=C(C#N)C1c1ccc2c(c1)CCN2C. The Labute approximate surface area is 147 Å². The fourth-order valence-corrected chi connectivity index (χ4v) is 3.45. The van der Waals surface area contributed by atoms with Crippen LogP contribution in [0.25, 0.3) is 0 Å². The number of hydrogen-bond acceptors (Lipinski definition) is 6. The Morgan fingerprint density at radius 3 is 2.96 bits per heavy atom. The maximum absolute atomic E-state index is 12.5. The first-order valence-corrected chi connectivity index (χ1v) is 8.27. The first-order valence-electron chi connectivity index (χ1n) is 8.27. The van der Waals surface area contributed by atoms with Crippen LogP contribution in [0.3, 0.4) is 0 Å². The number of carbonyl (C=O) groups excluding carboxylic acids is 1. The third kappa shape index (κ3) is 2.82. The summed E-state index contributed by atoms with van der Waals surface area (Å²) in [5, 5.41) is 9.59. The Morgan fingerprint density at radius 1 is 1.52 bits per heavy atom. The van der Waals surface area contributed by atoms with E-state index in [4.69, 9.17) is 15.2 Å². The molecule has 0 saturated heterocycles. The van der Waals surface area contributed by atoms with Crippen molar-refractivity contribution in [2.75, 3.05) is 25.1 Å². The summed E-state index contributed by atoms with van der Waals surface area (Å²) in [6.45, 7) is 4.61. The monoisotopic (exact) mass is 339 g/mol. The molecule has 0 fully saturated rings. The number of nitriles is 1. The summed E-state index contributed by atoms with van der Waals surface area (Å²) in [5.41, 5.74) is 9.70. The number of ether oxygens (including phenoxy) is 2. The number of fused-ring (bicyclic) bond motifs is 1. The third-order valence-corrected chi connectivity index (χ3v) is 4.67. The molecule has 1 atom stereocenters. The number of carbonyl (C=O) groups is 1. The molecule has 0 aliphatic carbocycles. The van der Waals surface area contributed by atoms with Gasteiger partial charge in [-0.2, -0.15) is 5.26 Å². The maximum atomic E-state index is 12.5. The zero-order valence-corrected chi connectivity index (χ0v) is 14.6. The summed E-state index contributed by atoms with van der Waals surface area (Å²) < 4.78 is 10.6. The lowest BCUT2D eigenvalue weighted by atomic mass is 9.82. The second-order valence-corrected chi connectivity index (χ2v) is 6.17. The standard InChI is InChI=1S/C19H21N3O3/c1-4-24-19(23)16-11(2)25-18(21)14(10-20)17(16)13-5-6-15-12(9-13)7-8-22(15)3/h5-6,9,17H,4,7-8,21H2,1-3H3. The zero-order chi connectivity index (χ0) is 18.1. The quantitative estimate of drug-likeness (QED) is 0.850. The summed E-state index contributed by atoms with van der Waals surface area (Å²) >= 11 is 0. The number of allylic oxidation sites excluding steroid dienone is 2. The minimum Gasteiger partial charge on any atom is -0.463 e. The van der Waals surface area contributed by atoms with E-state index >= 15 is 0 Å². The van der Waals surface area contributed by atoms with E-state index in [1.54, 1.807) is 13.8 Å². The number of benzene rings is 1. The van der Waals surface area contributed by atoms with E-state index in [2.05, 4.69) is 11.0 Å². The fraction of sp³-hybridized carbons (Fsp3) is 0.368. The van der Waals surface area contributed by atoms with E-state index in [1.165, 1.54) is 11.3 Å². The van der Waals surface area contributed by atoms with Crippen molar-refractivity contribution in [2.24, 2.45) is 5.73 Å². The number of rotatable bonds is 3. The largest absolute Gasteiger partial charge is 0.463 e. The van der Waals surface area contributed by atoms with Crippen molar-refractivity contribution in [3.63, 3.8) is 0 Å². The lowest BCUT2D eigenvalue weighted by Crippen LogP contribution is -2.25. The van der Waals surface area contributed by atoms with E-state index in [0.29, 0.717) is 11.3 Å². The molecular formula is C19H21N3O3. The zero-order valence-electron chi connectivity index (χ0n) is 14.6. The number of likely N-dealkylation sites (N-methyl/N-ethyl adjacent to an activating group) is 1. The molecule has 2 heterocycles. The maximum Gasteiger partial charge on any atom is 0.338 e. The fourth-order valence-electron chi connectivity index (χ4n) is 3.45. The first-order chi connectivity index (χ1) is 12.0. The predicted octanol–water partition coefficient (Wildman–Crippen LogP) is 2.32. The molecule has 0 bridgehead atoms. The van der Waals surface area contributed by atoms with Crippen LogP contribution >= 0.6 is 0 Å². The second kappa shape index (κ2) is 6.52. The number of esters is 1. The van der Waals surface area contributed by atoms with E-state index < -0.39 is 11.9 Å². The van der Waals surface area contributed by atoms with Gasteiger partial charge in [0.25, 0.3) is 0 Å².